The fourth-order valence-electron chi connectivity index (χ4n) is 4.53. The largest absolute Gasteiger partial charge is 0.486 e. The maximum atomic E-state index is 13.4. The van der Waals surface area contributed by atoms with Crippen LogP contribution in [0.5, 0.6) is 11.5 Å². The Balaban J connectivity index is 1.88. The van der Waals surface area contributed by atoms with Gasteiger partial charge in [-0.1, -0.05) is 71.2 Å². The summed E-state index contributed by atoms with van der Waals surface area (Å²) in [6.45, 7) is 13.2. The molecule has 5 heteroatoms. The van der Waals surface area contributed by atoms with Crippen LogP contribution in [0.3, 0.4) is 0 Å². The molecule has 1 aliphatic heterocycles. The highest BCUT2D eigenvalue weighted by Gasteiger charge is 2.26. The number of hydrogen-bond acceptors (Lipinski definition) is 4. The van der Waals surface area contributed by atoms with E-state index in [1.165, 1.54) is 0 Å². The van der Waals surface area contributed by atoms with Gasteiger partial charge >= 0.3 is 0 Å². The molecule has 0 aliphatic carbocycles. The Morgan fingerprint density at radius 1 is 1.06 bits per heavy atom. The summed E-state index contributed by atoms with van der Waals surface area (Å²) < 4.78 is 11.8. The van der Waals surface area contributed by atoms with E-state index in [1.807, 2.05) is 30.3 Å². The Labute approximate surface area is 204 Å². The highest BCUT2D eigenvalue weighted by Crippen LogP contribution is 2.41. The van der Waals surface area contributed by atoms with E-state index >= 15 is 0 Å². The van der Waals surface area contributed by atoms with Crippen molar-refractivity contribution in [2.45, 2.75) is 90.6 Å². The molecule has 186 valence electrons. The van der Waals surface area contributed by atoms with Crippen molar-refractivity contribution in [1.29, 1.82) is 0 Å². The van der Waals surface area contributed by atoms with Gasteiger partial charge in [-0.15, -0.1) is 0 Å². The number of fused-ring (bicyclic) bond motifs is 1. The molecule has 5 nitrogen and oxygen atoms in total. The molecular weight excluding hydrogens is 426 g/mol. The molecule has 1 unspecified atom stereocenters. The van der Waals surface area contributed by atoms with Gasteiger partial charge in [-0.05, 0) is 54.9 Å². The fraction of sp³-hybridized carbons (Fsp3) is 0.552. The number of carbonyl (C=O) groups excluding carboxylic acids is 1. The van der Waals surface area contributed by atoms with E-state index < -0.39 is 5.60 Å². The highest BCUT2D eigenvalue weighted by atomic mass is 16.6. The lowest BCUT2D eigenvalue weighted by atomic mass is 9.83. The molecule has 0 radical (unpaired) electrons. The van der Waals surface area contributed by atoms with Gasteiger partial charge in [-0.3, -0.25) is 4.79 Å². The number of ether oxygens (including phenoxy) is 2. The first-order chi connectivity index (χ1) is 16.0. The lowest BCUT2D eigenvalue weighted by Crippen LogP contribution is -2.23. The second-order valence-corrected chi connectivity index (χ2v) is 10.9. The van der Waals surface area contributed by atoms with Crippen LogP contribution in [-0.2, 0) is 15.8 Å². The third kappa shape index (κ3) is 6.53. The Bertz CT molecular complexity index is 985. The zero-order chi connectivity index (χ0) is 24.9. The quantitative estimate of drug-likeness (QED) is 0.404. The minimum absolute atomic E-state index is 0.0331. The van der Waals surface area contributed by atoms with Crippen molar-refractivity contribution >= 4 is 11.6 Å². The number of benzene rings is 2. The second-order valence-electron chi connectivity index (χ2n) is 10.9. The van der Waals surface area contributed by atoms with Gasteiger partial charge in [0.05, 0.1) is 5.60 Å². The summed E-state index contributed by atoms with van der Waals surface area (Å²) in [5, 5.41) is 13.7. The maximum Gasteiger partial charge on any atom is 0.224 e. The number of unbranched alkanes of at least 4 members (excludes halogenated alkanes) is 2. The lowest BCUT2D eigenvalue weighted by Gasteiger charge is -2.27. The second kappa shape index (κ2) is 10.8. The van der Waals surface area contributed by atoms with E-state index in [4.69, 9.17) is 9.47 Å². The number of nitrogens with one attached hydrogen (secondary N) is 1. The minimum Gasteiger partial charge on any atom is -0.486 e. The van der Waals surface area contributed by atoms with Crippen LogP contribution in [0.4, 0.5) is 5.69 Å². The Morgan fingerprint density at radius 2 is 1.79 bits per heavy atom. The maximum absolute atomic E-state index is 13.4. The molecule has 0 fully saturated rings. The van der Waals surface area contributed by atoms with E-state index in [-0.39, 0.29) is 17.2 Å². The molecule has 2 aromatic rings. The summed E-state index contributed by atoms with van der Waals surface area (Å²) >= 11 is 0. The molecule has 0 aromatic heterocycles. The Morgan fingerprint density at radius 3 is 2.47 bits per heavy atom. The van der Waals surface area contributed by atoms with Gasteiger partial charge in [0, 0.05) is 17.7 Å². The van der Waals surface area contributed by atoms with Crippen molar-refractivity contribution < 1.29 is 19.4 Å². The highest BCUT2D eigenvalue weighted by molar-refractivity contribution is 5.92. The molecule has 34 heavy (non-hydrogen) atoms. The first-order valence-corrected chi connectivity index (χ1v) is 12.6. The van der Waals surface area contributed by atoms with E-state index in [0.29, 0.717) is 19.6 Å². The Kier molecular flexibility index (Phi) is 8.29. The third-order valence-corrected chi connectivity index (χ3v) is 6.43. The Hall–Kier alpha value is -2.53. The van der Waals surface area contributed by atoms with Gasteiger partial charge in [0.15, 0.2) is 11.5 Å². The van der Waals surface area contributed by atoms with Crippen molar-refractivity contribution in [3.63, 3.8) is 0 Å². The van der Waals surface area contributed by atoms with Crippen LogP contribution in [0.25, 0.3) is 0 Å². The molecule has 0 saturated heterocycles. The molecule has 2 aromatic carbocycles. The monoisotopic (exact) mass is 467 g/mol. The standard InChI is InChI=1S/C29H41NO4/c1-7-8-9-11-20(22-12-10-13-25-27(22)34-17-16-33-25)18-26(31)30-24-19-21(29(5,6)32)14-15-23(24)28(2,3)4/h10,12-15,19-20,32H,7-9,11,16-18H2,1-6H3,(H,30,31). The van der Waals surface area contributed by atoms with Crippen LogP contribution < -0.4 is 14.8 Å². The number of carbonyl (C=O) groups is 1. The number of aliphatic hydroxyl groups is 1. The molecule has 1 aliphatic rings. The van der Waals surface area contributed by atoms with Crippen LogP contribution >= 0.6 is 0 Å². The van der Waals surface area contributed by atoms with Crippen molar-refractivity contribution in [2.24, 2.45) is 0 Å². The summed E-state index contributed by atoms with van der Waals surface area (Å²) in [6.07, 6.45) is 4.59. The molecule has 0 spiro atoms. The zero-order valence-corrected chi connectivity index (χ0v) is 21.7. The van der Waals surface area contributed by atoms with E-state index in [9.17, 15) is 9.90 Å². The van der Waals surface area contributed by atoms with E-state index in [2.05, 4.69) is 39.1 Å². The van der Waals surface area contributed by atoms with E-state index in [1.54, 1.807) is 13.8 Å². The minimum atomic E-state index is -0.987. The van der Waals surface area contributed by atoms with Crippen molar-refractivity contribution in [3.05, 3.63) is 53.1 Å². The first kappa shape index (κ1) is 26.1. The third-order valence-electron chi connectivity index (χ3n) is 6.43. The molecular formula is C29H41NO4. The van der Waals surface area contributed by atoms with Gasteiger partial charge in [-0.25, -0.2) is 0 Å². The topological polar surface area (TPSA) is 67.8 Å². The number of anilines is 1. The number of para-hydroxylation sites is 1. The van der Waals surface area contributed by atoms with Gasteiger partial charge < -0.3 is 19.9 Å². The first-order valence-electron chi connectivity index (χ1n) is 12.6. The molecule has 0 bridgehead atoms. The van der Waals surface area contributed by atoms with E-state index in [0.717, 1.165) is 59.6 Å². The number of hydrogen-bond donors (Lipinski definition) is 2. The SMILES string of the molecule is CCCCCC(CC(=O)Nc1cc(C(C)(C)O)ccc1C(C)(C)C)c1cccc2c1OCCO2. The average molecular weight is 468 g/mol. The predicted molar refractivity (Wildman–Crippen MR) is 138 cm³/mol. The zero-order valence-electron chi connectivity index (χ0n) is 21.7. The summed E-state index contributed by atoms with van der Waals surface area (Å²) in [7, 11) is 0. The number of amides is 1. The summed E-state index contributed by atoms with van der Waals surface area (Å²) in [5.74, 6) is 1.55. The van der Waals surface area contributed by atoms with Crippen molar-refractivity contribution in [3.8, 4) is 11.5 Å². The van der Waals surface area contributed by atoms with Crippen LogP contribution in [0.1, 0.15) is 96.3 Å². The van der Waals surface area contributed by atoms with Crippen LogP contribution in [0.2, 0.25) is 0 Å². The lowest BCUT2D eigenvalue weighted by molar-refractivity contribution is -0.116. The molecule has 1 amide bonds. The van der Waals surface area contributed by atoms with Gasteiger partial charge in [0.1, 0.15) is 13.2 Å². The summed E-state index contributed by atoms with van der Waals surface area (Å²) in [4.78, 5) is 13.4. The molecule has 1 heterocycles. The van der Waals surface area contributed by atoms with Gasteiger partial charge in [0.2, 0.25) is 5.91 Å². The summed E-state index contributed by atoms with van der Waals surface area (Å²) in [6, 6.07) is 11.8. The smallest absolute Gasteiger partial charge is 0.224 e. The van der Waals surface area contributed by atoms with Crippen LogP contribution in [0, 0.1) is 0 Å². The predicted octanol–water partition coefficient (Wildman–Crippen LogP) is 6.68. The molecule has 2 N–H and O–H groups in total. The van der Waals surface area contributed by atoms with Crippen LogP contribution in [0.15, 0.2) is 36.4 Å². The van der Waals surface area contributed by atoms with Gasteiger partial charge in [0.25, 0.3) is 0 Å². The fourth-order valence-corrected chi connectivity index (χ4v) is 4.53. The molecule has 1 atom stereocenters. The molecule has 0 saturated carbocycles. The normalized spacial score (nSPS) is 14.6. The molecule has 3 rings (SSSR count). The average Bonchev–Trinajstić information content (AvgIpc) is 2.77. The number of rotatable bonds is 9. The van der Waals surface area contributed by atoms with Crippen molar-refractivity contribution in [2.75, 3.05) is 18.5 Å². The van der Waals surface area contributed by atoms with Gasteiger partial charge in [-0.2, -0.15) is 0 Å². The van der Waals surface area contributed by atoms with Crippen molar-refractivity contribution in [1.82, 2.24) is 0 Å². The van der Waals surface area contributed by atoms with Crippen LogP contribution in [-0.4, -0.2) is 24.2 Å². The summed E-state index contributed by atoms with van der Waals surface area (Å²) in [5.41, 5.74) is 2.50.